The van der Waals surface area contributed by atoms with Crippen molar-refractivity contribution < 1.29 is 0 Å². The molecule has 0 atom stereocenters. The minimum atomic E-state index is -0.198. The molecular weight excluding hydrogens is 266 g/mol. The molecule has 0 saturated carbocycles. The van der Waals surface area contributed by atoms with E-state index in [0.29, 0.717) is 0 Å². The van der Waals surface area contributed by atoms with Crippen LogP contribution in [0.4, 0.5) is 5.13 Å². The normalized spacial score (nSPS) is 11.6. The smallest absolute Gasteiger partial charge is 0.208 e. The predicted molar refractivity (Wildman–Crippen MR) is 79.9 cm³/mol. The molecule has 5 nitrogen and oxygen atoms in total. The van der Waals surface area contributed by atoms with Gasteiger partial charge in [-0.25, -0.2) is 0 Å². The van der Waals surface area contributed by atoms with Crippen LogP contribution in [-0.4, -0.2) is 35.9 Å². The zero-order valence-electron chi connectivity index (χ0n) is 11.4. The molecule has 1 aromatic rings. The Morgan fingerprint density at radius 1 is 1.44 bits per heavy atom. The maximum Gasteiger partial charge on any atom is 0.208 e. The SMILES string of the molecule is CN(C)c1nnc(SCCCC(C)(C)C(=N)N)s1. The Labute approximate surface area is 117 Å². The van der Waals surface area contributed by atoms with Crippen LogP contribution in [0, 0.1) is 10.8 Å². The fourth-order valence-corrected chi connectivity index (χ4v) is 3.02. The van der Waals surface area contributed by atoms with Gasteiger partial charge in [-0.1, -0.05) is 36.9 Å². The maximum absolute atomic E-state index is 7.49. The van der Waals surface area contributed by atoms with E-state index in [0.717, 1.165) is 28.1 Å². The number of hydrogen-bond acceptors (Lipinski definition) is 6. The third-order valence-corrected chi connectivity index (χ3v) is 4.99. The van der Waals surface area contributed by atoms with E-state index in [1.54, 1.807) is 23.1 Å². The molecule has 0 aromatic carbocycles. The molecule has 0 amide bonds. The molecule has 0 radical (unpaired) electrons. The molecule has 0 bridgehead atoms. The molecule has 0 aliphatic heterocycles. The second-order valence-electron chi connectivity index (χ2n) is 4.99. The van der Waals surface area contributed by atoms with Gasteiger partial charge in [0.15, 0.2) is 4.34 Å². The highest BCUT2D eigenvalue weighted by atomic mass is 32.2. The van der Waals surface area contributed by atoms with E-state index in [-0.39, 0.29) is 11.3 Å². The Hall–Kier alpha value is -0.820. The number of nitrogens with zero attached hydrogens (tertiary/aromatic N) is 3. The molecule has 0 spiro atoms. The van der Waals surface area contributed by atoms with E-state index >= 15 is 0 Å². The van der Waals surface area contributed by atoms with E-state index in [1.807, 2.05) is 32.8 Å². The van der Waals surface area contributed by atoms with Gasteiger partial charge in [0.2, 0.25) is 5.13 Å². The highest BCUT2D eigenvalue weighted by Gasteiger charge is 2.20. The third kappa shape index (κ3) is 4.45. The quantitative estimate of drug-likeness (QED) is 0.348. The topological polar surface area (TPSA) is 78.9 Å². The van der Waals surface area contributed by atoms with E-state index in [4.69, 9.17) is 11.1 Å². The molecule has 0 aliphatic carbocycles. The third-order valence-electron chi connectivity index (χ3n) is 2.68. The van der Waals surface area contributed by atoms with E-state index in [9.17, 15) is 0 Å². The fraction of sp³-hybridized carbons (Fsp3) is 0.727. The highest BCUT2D eigenvalue weighted by Crippen LogP contribution is 2.29. The van der Waals surface area contributed by atoms with Crippen LogP contribution >= 0.6 is 23.1 Å². The van der Waals surface area contributed by atoms with E-state index in [2.05, 4.69) is 10.2 Å². The molecule has 0 fully saturated rings. The van der Waals surface area contributed by atoms with Gasteiger partial charge in [0.05, 0.1) is 5.84 Å². The van der Waals surface area contributed by atoms with Crippen molar-refractivity contribution in [1.29, 1.82) is 5.41 Å². The van der Waals surface area contributed by atoms with Gasteiger partial charge in [-0.3, -0.25) is 5.41 Å². The Bertz CT molecular complexity index is 400. The highest BCUT2D eigenvalue weighted by molar-refractivity contribution is 8.01. The van der Waals surface area contributed by atoms with Gasteiger partial charge < -0.3 is 10.6 Å². The second kappa shape index (κ2) is 6.38. The number of nitrogens with two attached hydrogens (primary N) is 1. The first-order chi connectivity index (χ1) is 8.33. The maximum atomic E-state index is 7.49. The molecule has 102 valence electrons. The van der Waals surface area contributed by atoms with Gasteiger partial charge in [-0.2, -0.15) is 0 Å². The number of aromatic nitrogens is 2. The Morgan fingerprint density at radius 2 is 2.11 bits per heavy atom. The summed E-state index contributed by atoms with van der Waals surface area (Å²) in [7, 11) is 3.93. The largest absolute Gasteiger partial charge is 0.387 e. The summed E-state index contributed by atoms with van der Waals surface area (Å²) in [6.07, 6.45) is 1.95. The molecule has 1 rings (SSSR count). The summed E-state index contributed by atoms with van der Waals surface area (Å²) in [6.45, 7) is 4.02. The number of amidine groups is 1. The first kappa shape index (κ1) is 15.2. The molecule has 1 heterocycles. The van der Waals surface area contributed by atoms with Crippen molar-refractivity contribution >= 4 is 34.1 Å². The Kier molecular flexibility index (Phi) is 5.40. The summed E-state index contributed by atoms with van der Waals surface area (Å²) in [6, 6.07) is 0. The fourth-order valence-electron chi connectivity index (χ4n) is 1.25. The van der Waals surface area contributed by atoms with Crippen LogP contribution in [0.25, 0.3) is 0 Å². The van der Waals surface area contributed by atoms with Crippen molar-refractivity contribution in [3.8, 4) is 0 Å². The Balaban J connectivity index is 2.31. The lowest BCUT2D eigenvalue weighted by atomic mass is 9.87. The van der Waals surface area contributed by atoms with Crippen LogP contribution in [0.3, 0.4) is 0 Å². The summed E-state index contributed by atoms with van der Waals surface area (Å²) in [5.41, 5.74) is 5.35. The first-order valence-corrected chi connectivity index (χ1v) is 7.61. The summed E-state index contributed by atoms with van der Waals surface area (Å²) in [5.74, 6) is 1.25. The standard InChI is InChI=1S/C11H21N5S2/c1-11(2,8(12)13)6-5-7-17-10-15-14-9(18-10)16(3)4/h5-7H2,1-4H3,(H3,12,13). The summed E-state index contributed by atoms with van der Waals surface area (Å²) >= 11 is 3.32. The zero-order chi connectivity index (χ0) is 13.8. The van der Waals surface area contributed by atoms with Crippen molar-refractivity contribution in [1.82, 2.24) is 10.2 Å². The lowest BCUT2D eigenvalue weighted by Gasteiger charge is -2.22. The monoisotopic (exact) mass is 287 g/mol. The van der Waals surface area contributed by atoms with Gasteiger partial charge in [-0.05, 0) is 12.8 Å². The van der Waals surface area contributed by atoms with Gasteiger partial charge >= 0.3 is 0 Å². The molecule has 18 heavy (non-hydrogen) atoms. The molecule has 0 saturated heterocycles. The molecule has 0 unspecified atom stereocenters. The number of rotatable bonds is 7. The predicted octanol–water partition coefficient (Wildman–Crippen LogP) is 2.44. The minimum absolute atomic E-state index is 0.198. The van der Waals surface area contributed by atoms with Crippen LogP contribution in [0.2, 0.25) is 0 Å². The van der Waals surface area contributed by atoms with E-state index in [1.165, 1.54) is 0 Å². The lowest BCUT2D eigenvalue weighted by molar-refractivity contribution is 0.464. The molecule has 1 aromatic heterocycles. The molecule has 0 aliphatic rings. The number of hydrogen-bond donors (Lipinski definition) is 2. The summed E-state index contributed by atoms with van der Waals surface area (Å²) in [4.78, 5) is 1.96. The number of thioether (sulfide) groups is 1. The number of nitrogens with one attached hydrogen (secondary N) is 1. The average molecular weight is 287 g/mol. The zero-order valence-corrected chi connectivity index (χ0v) is 13.0. The van der Waals surface area contributed by atoms with E-state index < -0.39 is 0 Å². The van der Waals surface area contributed by atoms with Crippen LogP contribution in [0.5, 0.6) is 0 Å². The Morgan fingerprint density at radius 3 is 2.61 bits per heavy atom. The van der Waals surface area contributed by atoms with Crippen molar-refractivity contribution in [3.63, 3.8) is 0 Å². The second-order valence-corrected chi connectivity index (χ2v) is 7.29. The van der Waals surface area contributed by atoms with Gasteiger partial charge in [0, 0.05) is 25.3 Å². The molecule has 7 heteroatoms. The molecule has 3 N–H and O–H groups in total. The van der Waals surface area contributed by atoms with Crippen molar-refractivity contribution in [2.45, 2.75) is 31.0 Å². The van der Waals surface area contributed by atoms with Crippen LogP contribution < -0.4 is 10.6 Å². The van der Waals surface area contributed by atoms with Crippen LogP contribution in [0.1, 0.15) is 26.7 Å². The average Bonchev–Trinajstić information content (AvgIpc) is 2.73. The van der Waals surface area contributed by atoms with Gasteiger partial charge in [0.25, 0.3) is 0 Å². The lowest BCUT2D eigenvalue weighted by Crippen LogP contribution is -2.30. The molecular formula is C11H21N5S2. The van der Waals surface area contributed by atoms with Crippen LogP contribution in [0.15, 0.2) is 4.34 Å². The number of anilines is 1. The van der Waals surface area contributed by atoms with Crippen molar-refractivity contribution in [2.75, 3.05) is 24.7 Å². The van der Waals surface area contributed by atoms with Gasteiger partial charge in [-0.15, -0.1) is 10.2 Å². The van der Waals surface area contributed by atoms with Crippen LogP contribution in [-0.2, 0) is 0 Å². The van der Waals surface area contributed by atoms with Crippen molar-refractivity contribution in [3.05, 3.63) is 0 Å². The van der Waals surface area contributed by atoms with Gasteiger partial charge in [0.1, 0.15) is 0 Å². The minimum Gasteiger partial charge on any atom is -0.387 e. The summed E-state index contributed by atoms with van der Waals surface area (Å²) in [5, 5.41) is 16.6. The summed E-state index contributed by atoms with van der Waals surface area (Å²) < 4.78 is 0.999. The van der Waals surface area contributed by atoms with Crippen molar-refractivity contribution in [2.24, 2.45) is 11.1 Å². The first-order valence-electron chi connectivity index (χ1n) is 5.81.